The number of amides is 1. The van der Waals surface area contributed by atoms with Gasteiger partial charge in [-0.05, 0) is 41.3 Å². The van der Waals surface area contributed by atoms with E-state index < -0.39 is 0 Å². The van der Waals surface area contributed by atoms with Crippen LogP contribution in [0.5, 0.6) is 0 Å². The normalized spacial score (nSPS) is 10.6. The van der Waals surface area contributed by atoms with Gasteiger partial charge < -0.3 is 11.1 Å². The SMILES string of the molecule is CC(C)c1ccc(C(=O)NCc2cccc(N)c2)cc1. The average molecular weight is 268 g/mol. The maximum atomic E-state index is 12.0. The molecule has 0 aliphatic rings. The first-order valence-electron chi connectivity index (χ1n) is 6.79. The molecule has 0 aromatic heterocycles. The van der Waals surface area contributed by atoms with Gasteiger partial charge in [0.25, 0.3) is 5.91 Å². The fourth-order valence-electron chi connectivity index (χ4n) is 2.01. The molecule has 3 heteroatoms. The zero-order valence-electron chi connectivity index (χ0n) is 11.9. The van der Waals surface area contributed by atoms with Crippen molar-refractivity contribution >= 4 is 11.6 Å². The summed E-state index contributed by atoms with van der Waals surface area (Å²) >= 11 is 0. The Bertz CT molecular complexity index is 588. The number of rotatable bonds is 4. The lowest BCUT2D eigenvalue weighted by Crippen LogP contribution is -2.22. The number of nitrogens with one attached hydrogen (secondary N) is 1. The molecule has 0 bridgehead atoms. The number of nitrogen functional groups attached to an aromatic ring is 1. The lowest BCUT2D eigenvalue weighted by molar-refractivity contribution is 0.0951. The Labute approximate surface area is 119 Å². The number of carbonyl (C=O) groups is 1. The van der Waals surface area contributed by atoms with Gasteiger partial charge in [0.2, 0.25) is 0 Å². The summed E-state index contributed by atoms with van der Waals surface area (Å²) in [6.07, 6.45) is 0. The van der Waals surface area contributed by atoms with Crippen LogP contribution in [0.15, 0.2) is 48.5 Å². The molecule has 2 aromatic rings. The first kappa shape index (κ1) is 14.1. The number of hydrogen-bond acceptors (Lipinski definition) is 2. The molecule has 0 spiro atoms. The van der Waals surface area contributed by atoms with E-state index in [-0.39, 0.29) is 5.91 Å². The van der Waals surface area contributed by atoms with Gasteiger partial charge in [-0.25, -0.2) is 0 Å². The van der Waals surface area contributed by atoms with E-state index in [0.29, 0.717) is 23.7 Å². The van der Waals surface area contributed by atoms with E-state index in [1.807, 2.05) is 48.5 Å². The van der Waals surface area contributed by atoms with Gasteiger partial charge in [0.05, 0.1) is 0 Å². The molecule has 2 rings (SSSR count). The maximum Gasteiger partial charge on any atom is 0.251 e. The van der Waals surface area contributed by atoms with Crippen molar-refractivity contribution < 1.29 is 4.79 Å². The van der Waals surface area contributed by atoms with Gasteiger partial charge >= 0.3 is 0 Å². The van der Waals surface area contributed by atoms with Crippen LogP contribution in [0.2, 0.25) is 0 Å². The third kappa shape index (κ3) is 3.60. The Morgan fingerprint density at radius 2 is 1.85 bits per heavy atom. The molecule has 0 saturated heterocycles. The quantitative estimate of drug-likeness (QED) is 0.836. The first-order valence-corrected chi connectivity index (χ1v) is 6.79. The van der Waals surface area contributed by atoms with Crippen molar-refractivity contribution in [3.8, 4) is 0 Å². The van der Waals surface area contributed by atoms with Crippen LogP contribution < -0.4 is 11.1 Å². The van der Waals surface area contributed by atoms with Gasteiger partial charge in [-0.15, -0.1) is 0 Å². The molecule has 2 aromatic carbocycles. The third-order valence-electron chi connectivity index (χ3n) is 3.24. The molecule has 0 unspecified atom stereocenters. The number of benzene rings is 2. The van der Waals surface area contributed by atoms with E-state index in [0.717, 1.165) is 5.56 Å². The molecule has 0 atom stereocenters. The van der Waals surface area contributed by atoms with Crippen LogP contribution in [0.4, 0.5) is 5.69 Å². The zero-order valence-corrected chi connectivity index (χ0v) is 11.9. The molecule has 0 heterocycles. The van der Waals surface area contributed by atoms with Crippen molar-refractivity contribution in [3.63, 3.8) is 0 Å². The summed E-state index contributed by atoms with van der Waals surface area (Å²) in [4.78, 5) is 12.0. The van der Waals surface area contributed by atoms with E-state index in [4.69, 9.17) is 5.73 Å². The zero-order chi connectivity index (χ0) is 14.5. The van der Waals surface area contributed by atoms with Crippen molar-refractivity contribution in [2.45, 2.75) is 26.3 Å². The molecular weight excluding hydrogens is 248 g/mol. The second kappa shape index (κ2) is 6.24. The number of carbonyl (C=O) groups excluding carboxylic acids is 1. The van der Waals surface area contributed by atoms with Crippen molar-refractivity contribution in [2.24, 2.45) is 0 Å². The number of anilines is 1. The highest BCUT2D eigenvalue weighted by molar-refractivity contribution is 5.94. The van der Waals surface area contributed by atoms with Crippen molar-refractivity contribution in [1.82, 2.24) is 5.32 Å². The summed E-state index contributed by atoms with van der Waals surface area (Å²) in [6.45, 7) is 4.75. The van der Waals surface area contributed by atoms with Crippen LogP contribution in [-0.2, 0) is 6.54 Å². The van der Waals surface area contributed by atoms with E-state index in [1.54, 1.807) is 0 Å². The lowest BCUT2D eigenvalue weighted by Gasteiger charge is -2.08. The highest BCUT2D eigenvalue weighted by atomic mass is 16.1. The van der Waals surface area contributed by atoms with Crippen LogP contribution >= 0.6 is 0 Å². The second-order valence-corrected chi connectivity index (χ2v) is 5.20. The van der Waals surface area contributed by atoms with Crippen LogP contribution in [-0.4, -0.2) is 5.91 Å². The smallest absolute Gasteiger partial charge is 0.251 e. The number of nitrogens with two attached hydrogens (primary N) is 1. The summed E-state index contributed by atoms with van der Waals surface area (Å²) in [5.74, 6) is 0.405. The topological polar surface area (TPSA) is 55.1 Å². The molecule has 0 radical (unpaired) electrons. The predicted octanol–water partition coefficient (Wildman–Crippen LogP) is 3.32. The van der Waals surface area contributed by atoms with E-state index in [1.165, 1.54) is 5.56 Å². The van der Waals surface area contributed by atoms with Crippen molar-refractivity contribution in [2.75, 3.05) is 5.73 Å². The Hall–Kier alpha value is -2.29. The van der Waals surface area contributed by atoms with Gasteiger partial charge in [-0.1, -0.05) is 38.1 Å². The minimum atomic E-state index is -0.0669. The van der Waals surface area contributed by atoms with Crippen LogP contribution in [0.1, 0.15) is 41.3 Å². The van der Waals surface area contributed by atoms with Crippen molar-refractivity contribution in [1.29, 1.82) is 0 Å². The Morgan fingerprint density at radius 1 is 1.15 bits per heavy atom. The largest absolute Gasteiger partial charge is 0.399 e. The molecule has 1 amide bonds. The Kier molecular flexibility index (Phi) is 4.41. The lowest BCUT2D eigenvalue weighted by atomic mass is 10.0. The maximum absolute atomic E-state index is 12.0. The molecular formula is C17H20N2O. The summed E-state index contributed by atoms with van der Waals surface area (Å²) in [5.41, 5.74) is 9.32. The first-order chi connectivity index (χ1) is 9.56. The molecule has 0 fully saturated rings. The highest BCUT2D eigenvalue weighted by Crippen LogP contribution is 2.14. The summed E-state index contributed by atoms with van der Waals surface area (Å²) < 4.78 is 0. The monoisotopic (exact) mass is 268 g/mol. The van der Waals surface area contributed by atoms with Crippen LogP contribution in [0.3, 0.4) is 0 Å². The molecule has 104 valence electrons. The minimum Gasteiger partial charge on any atom is -0.399 e. The third-order valence-corrected chi connectivity index (χ3v) is 3.24. The van der Waals surface area contributed by atoms with E-state index in [2.05, 4.69) is 19.2 Å². The molecule has 3 nitrogen and oxygen atoms in total. The van der Waals surface area contributed by atoms with Crippen LogP contribution in [0.25, 0.3) is 0 Å². The average Bonchev–Trinajstić information content (AvgIpc) is 2.45. The standard InChI is InChI=1S/C17H20N2O/c1-12(2)14-6-8-15(9-7-14)17(20)19-11-13-4-3-5-16(18)10-13/h3-10,12H,11,18H2,1-2H3,(H,19,20). The summed E-state index contributed by atoms with van der Waals surface area (Å²) in [6, 6.07) is 15.2. The second-order valence-electron chi connectivity index (χ2n) is 5.20. The predicted molar refractivity (Wildman–Crippen MR) is 82.6 cm³/mol. The summed E-state index contributed by atoms with van der Waals surface area (Å²) in [7, 11) is 0. The Balaban J connectivity index is 1.98. The van der Waals surface area contributed by atoms with Crippen molar-refractivity contribution in [3.05, 3.63) is 65.2 Å². The minimum absolute atomic E-state index is 0.0669. The molecule has 0 saturated carbocycles. The molecule has 3 N–H and O–H groups in total. The fraction of sp³-hybridized carbons (Fsp3) is 0.235. The highest BCUT2D eigenvalue weighted by Gasteiger charge is 2.06. The molecule has 0 aliphatic carbocycles. The fourth-order valence-corrected chi connectivity index (χ4v) is 2.01. The van der Waals surface area contributed by atoms with Gasteiger partial charge in [-0.3, -0.25) is 4.79 Å². The van der Waals surface area contributed by atoms with Gasteiger partial charge in [0.15, 0.2) is 0 Å². The molecule has 0 aliphatic heterocycles. The van der Waals surface area contributed by atoms with Gasteiger partial charge in [-0.2, -0.15) is 0 Å². The Morgan fingerprint density at radius 3 is 2.45 bits per heavy atom. The van der Waals surface area contributed by atoms with Gasteiger partial charge in [0, 0.05) is 17.8 Å². The van der Waals surface area contributed by atoms with Crippen LogP contribution in [0, 0.1) is 0 Å². The summed E-state index contributed by atoms with van der Waals surface area (Å²) in [5, 5.41) is 2.90. The van der Waals surface area contributed by atoms with E-state index in [9.17, 15) is 4.79 Å². The molecule has 20 heavy (non-hydrogen) atoms. The van der Waals surface area contributed by atoms with Gasteiger partial charge in [0.1, 0.15) is 0 Å². The van der Waals surface area contributed by atoms with E-state index >= 15 is 0 Å². The number of hydrogen-bond donors (Lipinski definition) is 2.